The van der Waals surface area contributed by atoms with Crippen LogP contribution in [0.3, 0.4) is 0 Å². The van der Waals surface area contributed by atoms with Crippen molar-refractivity contribution in [3.63, 3.8) is 0 Å². The monoisotopic (exact) mass is 302 g/mol. The summed E-state index contributed by atoms with van der Waals surface area (Å²) < 4.78 is 23.1. The summed E-state index contributed by atoms with van der Waals surface area (Å²) in [7, 11) is -2.88. The largest absolute Gasteiger partial charge is 0.322 e. The summed E-state index contributed by atoms with van der Waals surface area (Å²) >= 11 is 0. The molecule has 1 amide bonds. The van der Waals surface area contributed by atoms with Gasteiger partial charge in [0.1, 0.15) is 9.84 Å². The molecule has 5 nitrogen and oxygen atoms in total. The van der Waals surface area contributed by atoms with Crippen LogP contribution in [0.1, 0.15) is 46.5 Å². The molecule has 1 N–H and O–H groups in total. The first kappa shape index (κ1) is 15.8. The molecule has 2 heterocycles. The summed E-state index contributed by atoms with van der Waals surface area (Å²) in [5.41, 5.74) is 0. The summed E-state index contributed by atoms with van der Waals surface area (Å²) in [6.07, 6.45) is 3.03. The third-order valence-corrected chi connectivity index (χ3v) is 6.07. The maximum Gasteiger partial charge on any atom is 0.241 e. The van der Waals surface area contributed by atoms with E-state index in [1.807, 2.05) is 4.90 Å². The summed E-state index contributed by atoms with van der Waals surface area (Å²) in [5.74, 6) is 0.921. The molecule has 2 saturated heterocycles. The summed E-state index contributed by atoms with van der Waals surface area (Å²) in [4.78, 5) is 14.5. The Morgan fingerprint density at radius 1 is 1.30 bits per heavy atom. The molecule has 6 heteroatoms. The Hall–Kier alpha value is -0.620. The minimum Gasteiger partial charge on any atom is -0.322 e. The highest BCUT2D eigenvalue weighted by molar-refractivity contribution is 7.91. The molecular formula is C14H26N2O3S. The van der Waals surface area contributed by atoms with Gasteiger partial charge in [-0.05, 0) is 25.2 Å². The number of carbonyl (C=O) groups excluding carboxylic acids is 1. The van der Waals surface area contributed by atoms with Gasteiger partial charge >= 0.3 is 0 Å². The van der Waals surface area contributed by atoms with Crippen LogP contribution in [-0.4, -0.2) is 49.0 Å². The molecule has 0 aromatic heterocycles. The summed E-state index contributed by atoms with van der Waals surface area (Å²) in [5, 5.41) is 3.44. The van der Waals surface area contributed by atoms with Crippen LogP contribution in [0.4, 0.5) is 0 Å². The van der Waals surface area contributed by atoms with Crippen LogP contribution < -0.4 is 5.32 Å². The first-order valence-corrected chi connectivity index (χ1v) is 9.46. The van der Waals surface area contributed by atoms with E-state index in [-0.39, 0.29) is 35.7 Å². The van der Waals surface area contributed by atoms with Crippen molar-refractivity contribution >= 4 is 15.7 Å². The highest BCUT2D eigenvalue weighted by Gasteiger charge is 2.44. The fourth-order valence-electron chi connectivity index (χ4n) is 3.25. The normalized spacial score (nSPS) is 31.2. The zero-order valence-electron chi connectivity index (χ0n) is 12.6. The van der Waals surface area contributed by atoms with Crippen molar-refractivity contribution in [3.8, 4) is 0 Å². The Morgan fingerprint density at radius 3 is 2.40 bits per heavy atom. The van der Waals surface area contributed by atoms with Crippen LogP contribution in [0.2, 0.25) is 0 Å². The Balaban J connectivity index is 2.13. The van der Waals surface area contributed by atoms with E-state index in [4.69, 9.17) is 0 Å². The Morgan fingerprint density at radius 2 is 1.90 bits per heavy atom. The third-order valence-electron chi connectivity index (χ3n) is 4.35. The van der Waals surface area contributed by atoms with Gasteiger partial charge in [-0.3, -0.25) is 10.1 Å². The van der Waals surface area contributed by atoms with E-state index in [9.17, 15) is 13.2 Å². The van der Waals surface area contributed by atoms with Crippen molar-refractivity contribution in [1.29, 1.82) is 0 Å². The molecule has 2 aliphatic rings. The molecule has 0 radical (unpaired) electrons. The molecule has 0 saturated carbocycles. The van der Waals surface area contributed by atoms with Gasteiger partial charge < -0.3 is 4.90 Å². The van der Waals surface area contributed by atoms with E-state index in [1.165, 1.54) is 0 Å². The average molecular weight is 302 g/mol. The zero-order chi connectivity index (χ0) is 14.9. The minimum atomic E-state index is -2.88. The molecule has 2 atom stereocenters. The number of nitrogens with one attached hydrogen (secondary N) is 1. The quantitative estimate of drug-likeness (QED) is 0.846. The molecule has 2 unspecified atom stereocenters. The Bertz CT molecular complexity index is 447. The number of amides is 1. The van der Waals surface area contributed by atoms with Gasteiger partial charge in [-0.15, -0.1) is 0 Å². The Kier molecular flexibility index (Phi) is 4.74. The van der Waals surface area contributed by atoms with Crippen LogP contribution >= 0.6 is 0 Å². The first-order chi connectivity index (χ1) is 9.35. The molecule has 2 aliphatic heterocycles. The van der Waals surface area contributed by atoms with Crippen LogP contribution in [0.5, 0.6) is 0 Å². The van der Waals surface area contributed by atoms with Gasteiger partial charge in [0, 0.05) is 6.04 Å². The second-order valence-electron chi connectivity index (χ2n) is 6.33. The van der Waals surface area contributed by atoms with Crippen molar-refractivity contribution in [3.05, 3.63) is 0 Å². The molecule has 0 spiro atoms. The lowest BCUT2D eigenvalue weighted by Crippen LogP contribution is -2.50. The average Bonchev–Trinajstić information content (AvgIpc) is 2.68. The fraction of sp³-hybridized carbons (Fsp3) is 0.929. The lowest BCUT2D eigenvalue weighted by Gasteiger charge is -2.36. The molecule has 2 fully saturated rings. The second kappa shape index (κ2) is 6.02. The van der Waals surface area contributed by atoms with E-state index in [0.717, 1.165) is 12.8 Å². The topological polar surface area (TPSA) is 66.5 Å². The van der Waals surface area contributed by atoms with Crippen molar-refractivity contribution in [1.82, 2.24) is 10.2 Å². The Labute approximate surface area is 122 Å². The fourth-order valence-corrected chi connectivity index (χ4v) is 4.71. The van der Waals surface area contributed by atoms with Crippen LogP contribution in [0, 0.1) is 5.92 Å². The summed E-state index contributed by atoms with van der Waals surface area (Å²) in [6, 6.07) is -0.0151. The van der Waals surface area contributed by atoms with Gasteiger partial charge in [0.2, 0.25) is 5.91 Å². The maximum atomic E-state index is 12.6. The predicted octanol–water partition coefficient (Wildman–Crippen LogP) is 1.15. The molecular weight excluding hydrogens is 276 g/mol. The second-order valence-corrected chi connectivity index (χ2v) is 8.63. The van der Waals surface area contributed by atoms with Gasteiger partial charge in [0.05, 0.1) is 23.7 Å². The molecule has 0 bridgehead atoms. The predicted molar refractivity (Wildman–Crippen MR) is 79.0 cm³/mol. The third kappa shape index (κ3) is 3.17. The smallest absolute Gasteiger partial charge is 0.241 e. The van der Waals surface area contributed by atoms with Gasteiger partial charge in [0.15, 0.2) is 0 Å². The number of nitrogens with zero attached hydrogens (tertiary/aromatic N) is 1. The van der Waals surface area contributed by atoms with Gasteiger partial charge in [-0.25, -0.2) is 8.42 Å². The molecule has 0 aromatic carbocycles. The highest BCUT2D eigenvalue weighted by Crippen LogP contribution is 2.28. The van der Waals surface area contributed by atoms with E-state index in [1.54, 1.807) is 0 Å². The van der Waals surface area contributed by atoms with Crippen LogP contribution in [-0.2, 0) is 14.6 Å². The van der Waals surface area contributed by atoms with Crippen molar-refractivity contribution in [2.75, 3.05) is 11.5 Å². The van der Waals surface area contributed by atoms with E-state index in [0.29, 0.717) is 18.8 Å². The van der Waals surface area contributed by atoms with E-state index < -0.39 is 9.84 Å². The molecule has 0 aromatic rings. The number of rotatable bonds is 4. The van der Waals surface area contributed by atoms with Gasteiger partial charge in [-0.1, -0.05) is 27.2 Å². The van der Waals surface area contributed by atoms with Crippen molar-refractivity contribution in [2.45, 2.75) is 64.7 Å². The summed E-state index contributed by atoms with van der Waals surface area (Å²) in [6.45, 7) is 6.28. The molecule has 20 heavy (non-hydrogen) atoms. The molecule has 2 rings (SSSR count). The first-order valence-electron chi connectivity index (χ1n) is 7.64. The van der Waals surface area contributed by atoms with E-state index >= 15 is 0 Å². The minimum absolute atomic E-state index is 0.0462. The standard InChI is InChI=1S/C14H26N2O3S/c1-4-5-12-14(17)16(13(15-12)10(2)3)11-6-8-20(18,19)9-7-11/h10-13,15H,4-9H2,1-3H3. The van der Waals surface area contributed by atoms with Crippen molar-refractivity contribution in [2.24, 2.45) is 5.92 Å². The highest BCUT2D eigenvalue weighted by atomic mass is 32.2. The number of sulfone groups is 1. The zero-order valence-corrected chi connectivity index (χ0v) is 13.4. The van der Waals surface area contributed by atoms with Crippen LogP contribution in [0.15, 0.2) is 0 Å². The number of carbonyl (C=O) groups is 1. The lowest BCUT2D eigenvalue weighted by molar-refractivity contribution is -0.133. The van der Waals surface area contributed by atoms with Crippen LogP contribution in [0.25, 0.3) is 0 Å². The van der Waals surface area contributed by atoms with Gasteiger partial charge in [-0.2, -0.15) is 0 Å². The maximum absolute atomic E-state index is 12.6. The lowest BCUT2D eigenvalue weighted by atomic mass is 10.1. The van der Waals surface area contributed by atoms with Crippen molar-refractivity contribution < 1.29 is 13.2 Å². The van der Waals surface area contributed by atoms with Gasteiger partial charge in [0.25, 0.3) is 0 Å². The van der Waals surface area contributed by atoms with E-state index in [2.05, 4.69) is 26.1 Å². The number of hydrogen-bond acceptors (Lipinski definition) is 4. The SMILES string of the molecule is CCCC1NC(C(C)C)N(C2CCS(=O)(=O)CC2)C1=O. The molecule has 116 valence electrons. The number of hydrogen-bond donors (Lipinski definition) is 1. The molecule has 0 aliphatic carbocycles.